The van der Waals surface area contributed by atoms with E-state index < -0.39 is 12.1 Å². The molecule has 15 heteroatoms. The molecule has 0 saturated heterocycles. The number of amides is 1. The van der Waals surface area contributed by atoms with Crippen molar-refractivity contribution in [2.45, 2.75) is 13.1 Å². The SMILES string of the molecule is Cc1nc(Br)sc1C(=O)Nc1ccc(OCCN)c(-c2c(Cl)cnn2C)c1.O=C(O)C(F)(F)F. The Morgan fingerprint density at radius 1 is 1.38 bits per heavy atom. The number of carboxylic acids is 1. The summed E-state index contributed by atoms with van der Waals surface area (Å²) in [5, 5.41) is 14.7. The number of alkyl halides is 3. The van der Waals surface area contributed by atoms with Crippen LogP contribution < -0.4 is 15.8 Å². The molecule has 0 aliphatic rings. The molecule has 3 aromatic rings. The number of aromatic nitrogens is 3. The molecule has 4 N–H and O–H groups in total. The predicted molar refractivity (Wildman–Crippen MR) is 124 cm³/mol. The number of benzene rings is 1. The van der Waals surface area contributed by atoms with Crippen molar-refractivity contribution in [2.75, 3.05) is 18.5 Å². The number of rotatable bonds is 6. The summed E-state index contributed by atoms with van der Waals surface area (Å²) in [4.78, 5) is 26.2. The monoisotopic (exact) mass is 583 g/mol. The Morgan fingerprint density at radius 2 is 2.03 bits per heavy atom. The van der Waals surface area contributed by atoms with E-state index in [0.717, 1.165) is 0 Å². The molecule has 0 fully saturated rings. The van der Waals surface area contributed by atoms with Crippen LogP contribution in [0.5, 0.6) is 5.75 Å². The van der Waals surface area contributed by atoms with Crippen molar-refractivity contribution in [3.63, 3.8) is 0 Å². The second kappa shape index (κ2) is 11.6. The van der Waals surface area contributed by atoms with E-state index in [4.69, 9.17) is 32.0 Å². The minimum Gasteiger partial charge on any atom is -0.492 e. The zero-order chi connectivity index (χ0) is 25.6. The molecule has 0 radical (unpaired) electrons. The maximum absolute atomic E-state index is 12.6. The number of carbonyl (C=O) groups excluding carboxylic acids is 1. The van der Waals surface area contributed by atoms with Crippen LogP contribution in [0.3, 0.4) is 0 Å². The lowest BCUT2D eigenvalue weighted by Crippen LogP contribution is -2.21. The third kappa shape index (κ3) is 7.16. The predicted octanol–water partition coefficient (Wildman–Crippen LogP) is 4.49. The third-order valence-electron chi connectivity index (χ3n) is 3.98. The molecule has 3 rings (SSSR count). The molecule has 1 aromatic carbocycles. The summed E-state index contributed by atoms with van der Waals surface area (Å²) >= 11 is 10.9. The minimum atomic E-state index is -5.08. The Hall–Kier alpha value is -2.68. The van der Waals surface area contributed by atoms with Crippen molar-refractivity contribution in [3.8, 4) is 17.0 Å². The molecule has 1 amide bonds. The number of anilines is 1. The lowest BCUT2D eigenvalue weighted by molar-refractivity contribution is -0.192. The lowest BCUT2D eigenvalue weighted by Gasteiger charge is -2.14. The molecule has 0 bridgehead atoms. The molecule has 2 heterocycles. The van der Waals surface area contributed by atoms with Crippen LogP contribution in [0.4, 0.5) is 18.9 Å². The summed E-state index contributed by atoms with van der Waals surface area (Å²) in [6.07, 6.45) is -3.52. The Kier molecular flexibility index (Phi) is 9.44. The van der Waals surface area contributed by atoms with Crippen LogP contribution in [0.2, 0.25) is 5.02 Å². The molecule has 184 valence electrons. The summed E-state index contributed by atoms with van der Waals surface area (Å²) in [5.74, 6) is -2.37. The van der Waals surface area contributed by atoms with Gasteiger partial charge in [-0.2, -0.15) is 18.3 Å². The normalized spacial score (nSPS) is 10.9. The average Bonchev–Trinajstić information content (AvgIpc) is 3.26. The fraction of sp³-hybridized carbons (Fsp3) is 0.263. The van der Waals surface area contributed by atoms with Crippen molar-refractivity contribution in [2.24, 2.45) is 12.8 Å². The van der Waals surface area contributed by atoms with Gasteiger partial charge in [0.1, 0.15) is 17.2 Å². The number of carbonyl (C=O) groups is 2. The van der Waals surface area contributed by atoms with Crippen LogP contribution in [0, 0.1) is 6.92 Å². The van der Waals surface area contributed by atoms with Gasteiger partial charge in [0.05, 0.1) is 22.6 Å². The van der Waals surface area contributed by atoms with Gasteiger partial charge in [0, 0.05) is 24.8 Å². The number of nitrogens with zero attached hydrogens (tertiary/aromatic N) is 3. The molecule has 0 spiro atoms. The Labute approximate surface area is 208 Å². The molecule has 0 saturated carbocycles. The third-order valence-corrected chi connectivity index (χ3v) is 5.87. The van der Waals surface area contributed by atoms with Crippen molar-refractivity contribution in [3.05, 3.63) is 43.9 Å². The number of ether oxygens (including phenoxy) is 1. The Morgan fingerprint density at radius 3 is 2.50 bits per heavy atom. The number of aryl methyl sites for hydroxylation is 2. The smallest absolute Gasteiger partial charge is 0.490 e. The van der Waals surface area contributed by atoms with Gasteiger partial charge in [0.25, 0.3) is 5.91 Å². The molecule has 9 nitrogen and oxygen atoms in total. The first-order valence-electron chi connectivity index (χ1n) is 9.24. The highest BCUT2D eigenvalue weighted by Crippen LogP contribution is 2.37. The number of nitrogens with two attached hydrogens (primary N) is 1. The van der Waals surface area contributed by atoms with Crippen molar-refractivity contribution in [1.82, 2.24) is 14.8 Å². The first kappa shape index (κ1) is 27.6. The van der Waals surface area contributed by atoms with E-state index in [0.29, 0.717) is 55.4 Å². The van der Waals surface area contributed by atoms with Gasteiger partial charge in [-0.15, -0.1) is 11.3 Å². The molecule has 0 aliphatic carbocycles. The van der Waals surface area contributed by atoms with Crippen LogP contribution in [-0.4, -0.2) is 51.1 Å². The van der Waals surface area contributed by atoms with E-state index in [1.807, 2.05) is 0 Å². The van der Waals surface area contributed by atoms with Crippen LogP contribution in [-0.2, 0) is 11.8 Å². The van der Waals surface area contributed by atoms with Gasteiger partial charge in [0.15, 0.2) is 3.92 Å². The van der Waals surface area contributed by atoms with Crippen molar-refractivity contribution < 1.29 is 32.6 Å². The van der Waals surface area contributed by atoms with Crippen LogP contribution in [0.1, 0.15) is 15.4 Å². The lowest BCUT2D eigenvalue weighted by atomic mass is 10.1. The molecular formula is C19H18BrClF3N5O4S. The molecule has 2 aromatic heterocycles. The molecule has 0 atom stereocenters. The van der Waals surface area contributed by atoms with E-state index in [9.17, 15) is 18.0 Å². The van der Waals surface area contributed by atoms with Gasteiger partial charge in [-0.1, -0.05) is 11.6 Å². The highest BCUT2D eigenvalue weighted by Gasteiger charge is 2.38. The van der Waals surface area contributed by atoms with E-state index in [1.54, 1.807) is 43.0 Å². The number of hydrogen-bond acceptors (Lipinski definition) is 7. The Bertz CT molecular complexity index is 1170. The quantitative estimate of drug-likeness (QED) is 0.389. The van der Waals surface area contributed by atoms with Crippen LogP contribution in [0.15, 0.2) is 28.3 Å². The van der Waals surface area contributed by atoms with Crippen molar-refractivity contribution >= 4 is 56.4 Å². The molecule has 0 aliphatic heterocycles. The number of thiazole rings is 1. The summed E-state index contributed by atoms with van der Waals surface area (Å²) in [7, 11) is 1.79. The number of halogens is 5. The fourth-order valence-electron chi connectivity index (χ4n) is 2.56. The number of carboxylic acid groups (broad SMARTS) is 1. The molecule has 0 unspecified atom stereocenters. The van der Waals surface area contributed by atoms with E-state index in [-0.39, 0.29) is 5.91 Å². The highest BCUT2D eigenvalue weighted by atomic mass is 79.9. The van der Waals surface area contributed by atoms with Gasteiger partial charge in [0.2, 0.25) is 0 Å². The van der Waals surface area contributed by atoms with Crippen molar-refractivity contribution in [1.29, 1.82) is 0 Å². The zero-order valence-corrected chi connectivity index (χ0v) is 20.8. The maximum atomic E-state index is 12.6. The first-order chi connectivity index (χ1) is 15.8. The molecule has 34 heavy (non-hydrogen) atoms. The minimum absolute atomic E-state index is 0.228. The topological polar surface area (TPSA) is 132 Å². The van der Waals surface area contributed by atoms with Gasteiger partial charge >= 0.3 is 12.1 Å². The fourth-order valence-corrected chi connectivity index (χ4v) is 4.27. The number of hydrogen-bond donors (Lipinski definition) is 3. The van der Waals surface area contributed by atoms with Crippen LogP contribution in [0.25, 0.3) is 11.3 Å². The summed E-state index contributed by atoms with van der Waals surface area (Å²) in [5.41, 5.74) is 8.23. The van der Waals surface area contributed by atoms with E-state index in [1.165, 1.54) is 11.3 Å². The average molecular weight is 585 g/mol. The highest BCUT2D eigenvalue weighted by molar-refractivity contribution is 9.11. The van der Waals surface area contributed by atoms with Gasteiger partial charge < -0.3 is 20.9 Å². The standard InChI is InChI=1S/C17H17BrClN5O2S.C2HF3O2/c1-9-15(27-17(18)22-9)16(25)23-10-3-4-13(26-6-5-20)11(7-10)14-12(19)8-21-24(14)2;3-2(4,5)1(6)7/h3-4,7-8H,5-6,20H2,1-2H3,(H,23,25);(H,6,7). The first-order valence-corrected chi connectivity index (χ1v) is 11.2. The van der Waals surface area contributed by atoms with E-state index >= 15 is 0 Å². The largest absolute Gasteiger partial charge is 0.492 e. The maximum Gasteiger partial charge on any atom is 0.490 e. The van der Waals surface area contributed by atoms with Gasteiger partial charge in [-0.05, 0) is 41.1 Å². The molecular weight excluding hydrogens is 567 g/mol. The summed E-state index contributed by atoms with van der Waals surface area (Å²) < 4.78 is 39.8. The van der Waals surface area contributed by atoms with Gasteiger partial charge in [-0.3, -0.25) is 9.48 Å². The summed E-state index contributed by atoms with van der Waals surface area (Å²) in [6.45, 7) is 2.54. The summed E-state index contributed by atoms with van der Waals surface area (Å²) in [6, 6.07) is 5.35. The zero-order valence-electron chi connectivity index (χ0n) is 17.6. The second-order valence-corrected chi connectivity index (χ2v) is 9.13. The van der Waals surface area contributed by atoms with Gasteiger partial charge in [-0.25, -0.2) is 9.78 Å². The van der Waals surface area contributed by atoms with E-state index in [2.05, 4.69) is 31.3 Å². The number of aliphatic carboxylic acids is 1. The van der Waals surface area contributed by atoms with Crippen LogP contribution >= 0.6 is 38.9 Å². The number of nitrogens with one attached hydrogen (secondary N) is 1. The second-order valence-electron chi connectivity index (χ2n) is 6.45. The Balaban J connectivity index is 0.000000509.